The van der Waals surface area contributed by atoms with Gasteiger partial charge in [-0.25, -0.2) is 0 Å². The minimum absolute atomic E-state index is 0.0665. The van der Waals surface area contributed by atoms with Crippen molar-refractivity contribution in [2.75, 3.05) is 13.7 Å². The van der Waals surface area contributed by atoms with Gasteiger partial charge in [-0.2, -0.15) is 5.26 Å². The van der Waals surface area contributed by atoms with E-state index in [9.17, 15) is 5.26 Å². The number of aromatic nitrogens is 2. The third kappa shape index (κ3) is 2.87. The van der Waals surface area contributed by atoms with E-state index in [0.717, 1.165) is 23.2 Å². The summed E-state index contributed by atoms with van der Waals surface area (Å²) in [5.74, 6) is 1.36. The van der Waals surface area contributed by atoms with Crippen LogP contribution in [-0.4, -0.2) is 23.9 Å². The number of nitrogens with two attached hydrogens (primary N) is 1. The van der Waals surface area contributed by atoms with E-state index in [1.165, 1.54) is 0 Å². The molecule has 0 saturated carbocycles. The van der Waals surface area contributed by atoms with Gasteiger partial charge in [0.2, 0.25) is 11.8 Å². The Morgan fingerprint density at radius 1 is 1.40 bits per heavy atom. The molecule has 3 rings (SSSR count). The molecule has 1 aromatic heterocycles. The predicted octanol–water partition coefficient (Wildman–Crippen LogP) is 2.73. The largest absolute Gasteiger partial charge is 0.493 e. The lowest BCUT2D eigenvalue weighted by Gasteiger charge is -2.24. The highest BCUT2D eigenvalue weighted by atomic mass is 16.5. The number of hydrogen-bond acceptors (Lipinski definition) is 6. The maximum absolute atomic E-state index is 9.59. The van der Waals surface area contributed by atoms with E-state index in [4.69, 9.17) is 19.9 Å². The van der Waals surface area contributed by atoms with Gasteiger partial charge in [0.05, 0.1) is 19.6 Å². The first-order valence-corrected chi connectivity index (χ1v) is 8.03. The molecule has 1 aliphatic heterocycles. The lowest BCUT2D eigenvalue weighted by molar-refractivity contribution is 0.294. The molecule has 1 atom stereocenters. The molecule has 0 bridgehead atoms. The molecule has 1 unspecified atom stereocenters. The number of allylic oxidation sites excluding steroid dienone is 1. The fourth-order valence-electron chi connectivity index (χ4n) is 2.93. The second-order valence-corrected chi connectivity index (χ2v) is 5.75. The Morgan fingerprint density at radius 2 is 2.20 bits per heavy atom. The molecule has 2 heterocycles. The van der Waals surface area contributed by atoms with Gasteiger partial charge in [0.25, 0.3) is 0 Å². The summed E-state index contributed by atoms with van der Waals surface area (Å²) in [7, 11) is 1.59. The van der Waals surface area contributed by atoms with E-state index in [-0.39, 0.29) is 11.8 Å². The Balaban J connectivity index is 2.11. The van der Waals surface area contributed by atoms with E-state index >= 15 is 0 Å². The quantitative estimate of drug-likeness (QED) is 0.867. The Bertz CT molecular complexity index is 864. The van der Waals surface area contributed by atoms with Gasteiger partial charge in [0.15, 0.2) is 11.5 Å². The van der Waals surface area contributed by atoms with Gasteiger partial charge in [-0.1, -0.05) is 13.0 Å². The average Bonchev–Trinajstić information content (AvgIpc) is 2.99. The van der Waals surface area contributed by atoms with Gasteiger partial charge in [-0.05, 0) is 31.0 Å². The van der Waals surface area contributed by atoms with Crippen molar-refractivity contribution in [2.45, 2.75) is 26.2 Å². The normalized spacial score (nSPS) is 16.0. The van der Waals surface area contributed by atoms with Gasteiger partial charge in [-0.15, -0.1) is 5.10 Å². The van der Waals surface area contributed by atoms with E-state index in [1.807, 2.05) is 32.0 Å². The highest BCUT2D eigenvalue weighted by Crippen LogP contribution is 2.44. The van der Waals surface area contributed by atoms with Gasteiger partial charge < -0.3 is 19.9 Å². The van der Waals surface area contributed by atoms with Crippen molar-refractivity contribution in [3.63, 3.8) is 0 Å². The maximum Gasteiger partial charge on any atom is 0.244 e. The van der Waals surface area contributed by atoms with Gasteiger partial charge in [0.1, 0.15) is 11.6 Å². The molecule has 7 heteroatoms. The lowest BCUT2D eigenvalue weighted by atomic mass is 9.84. The van der Waals surface area contributed by atoms with Crippen molar-refractivity contribution in [2.24, 2.45) is 5.73 Å². The van der Waals surface area contributed by atoms with Crippen LogP contribution in [0.2, 0.25) is 0 Å². The predicted molar refractivity (Wildman–Crippen MR) is 91.4 cm³/mol. The number of aryl methyl sites for hydroxylation is 1. The SMILES string of the molecule is CCCOc1ccc(C2C(C#N)=C(N)Oc3n[nH]c(C)c32)cc1OC. The highest BCUT2D eigenvalue weighted by Gasteiger charge is 2.34. The van der Waals surface area contributed by atoms with Crippen LogP contribution in [0.1, 0.15) is 36.1 Å². The Morgan fingerprint density at radius 3 is 2.88 bits per heavy atom. The monoisotopic (exact) mass is 340 g/mol. The van der Waals surface area contributed by atoms with Gasteiger partial charge in [-0.3, -0.25) is 5.10 Å². The second kappa shape index (κ2) is 6.77. The van der Waals surface area contributed by atoms with Gasteiger partial charge in [0, 0.05) is 11.3 Å². The van der Waals surface area contributed by atoms with Crippen LogP contribution in [0.25, 0.3) is 0 Å². The molecule has 0 spiro atoms. The molecule has 2 aromatic rings. The molecule has 1 aromatic carbocycles. The zero-order chi connectivity index (χ0) is 18.0. The number of ether oxygens (including phenoxy) is 3. The van der Waals surface area contributed by atoms with E-state index in [0.29, 0.717) is 29.6 Å². The van der Waals surface area contributed by atoms with Crippen molar-refractivity contribution < 1.29 is 14.2 Å². The molecule has 130 valence electrons. The van der Waals surface area contributed by atoms with Crippen molar-refractivity contribution in [3.8, 4) is 23.4 Å². The number of H-pyrrole nitrogens is 1. The summed E-state index contributed by atoms with van der Waals surface area (Å²) >= 11 is 0. The average molecular weight is 340 g/mol. The van der Waals surface area contributed by atoms with Crippen LogP contribution in [0.4, 0.5) is 0 Å². The van der Waals surface area contributed by atoms with Crippen molar-refractivity contribution in [1.82, 2.24) is 10.2 Å². The molecule has 7 nitrogen and oxygen atoms in total. The molecule has 0 amide bonds. The molecule has 25 heavy (non-hydrogen) atoms. The number of rotatable bonds is 5. The first-order valence-electron chi connectivity index (χ1n) is 8.03. The third-order valence-corrected chi connectivity index (χ3v) is 4.11. The molecule has 1 aliphatic rings. The number of nitrogens with one attached hydrogen (secondary N) is 1. The molecular weight excluding hydrogens is 320 g/mol. The molecule has 0 aliphatic carbocycles. The highest BCUT2D eigenvalue weighted by molar-refractivity contribution is 5.57. The first-order chi connectivity index (χ1) is 12.1. The number of methoxy groups -OCH3 is 1. The lowest BCUT2D eigenvalue weighted by Crippen LogP contribution is -2.21. The summed E-state index contributed by atoms with van der Waals surface area (Å²) in [4.78, 5) is 0. The standard InChI is InChI=1S/C18H20N4O3/c1-4-7-24-13-6-5-11(8-14(13)23-3)16-12(9-19)17(20)25-18-15(16)10(2)21-22-18/h5-6,8,16H,4,7,20H2,1-3H3,(H,21,22). The van der Waals surface area contributed by atoms with Gasteiger partial charge >= 0.3 is 0 Å². The molecule has 0 fully saturated rings. The third-order valence-electron chi connectivity index (χ3n) is 4.11. The fraction of sp³-hybridized carbons (Fsp3) is 0.333. The number of nitriles is 1. The summed E-state index contributed by atoms with van der Waals surface area (Å²) in [6.07, 6.45) is 0.903. The smallest absolute Gasteiger partial charge is 0.244 e. The minimum atomic E-state index is -0.373. The van der Waals surface area contributed by atoms with E-state index in [1.54, 1.807) is 7.11 Å². The zero-order valence-electron chi connectivity index (χ0n) is 14.4. The molecule has 0 saturated heterocycles. The number of benzene rings is 1. The summed E-state index contributed by atoms with van der Waals surface area (Å²) in [5.41, 5.74) is 8.76. The molecular formula is C18H20N4O3. The Hall–Kier alpha value is -3.14. The summed E-state index contributed by atoms with van der Waals surface area (Å²) in [6, 6.07) is 7.78. The van der Waals surface area contributed by atoms with Crippen LogP contribution in [0.15, 0.2) is 29.7 Å². The number of aromatic amines is 1. The number of fused-ring (bicyclic) bond motifs is 1. The van der Waals surface area contributed by atoms with Crippen LogP contribution >= 0.6 is 0 Å². The molecule has 0 radical (unpaired) electrons. The summed E-state index contributed by atoms with van der Waals surface area (Å²) in [6.45, 7) is 4.53. The van der Waals surface area contributed by atoms with Crippen molar-refractivity contribution in [1.29, 1.82) is 5.26 Å². The first kappa shape index (κ1) is 16.7. The summed E-state index contributed by atoms with van der Waals surface area (Å²) < 4.78 is 16.6. The summed E-state index contributed by atoms with van der Waals surface area (Å²) in [5, 5.41) is 16.6. The van der Waals surface area contributed by atoms with E-state index < -0.39 is 0 Å². The van der Waals surface area contributed by atoms with Crippen molar-refractivity contribution >= 4 is 0 Å². The van der Waals surface area contributed by atoms with Crippen molar-refractivity contribution in [3.05, 3.63) is 46.5 Å². The Kier molecular flexibility index (Phi) is 4.52. The van der Waals surface area contributed by atoms with Crippen LogP contribution in [0.5, 0.6) is 17.4 Å². The number of hydrogen-bond donors (Lipinski definition) is 2. The van der Waals surface area contributed by atoms with Crippen LogP contribution < -0.4 is 19.9 Å². The Labute approximate surface area is 146 Å². The zero-order valence-corrected chi connectivity index (χ0v) is 14.4. The fourth-order valence-corrected chi connectivity index (χ4v) is 2.93. The van der Waals surface area contributed by atoms with Crippen LogP contribution in [0, 0.1) is 18.3 Å². The second-order valence-electron chi connectivity index (χ2n) is 5.75. The van der Waals surface area contributed by atoms with Crippen LogP contribution in [-0.2, 0) is 0 Å². The minimum Gasteiger partial charge on any atom is -0.493 e. The number of nitrogens with zero attached hydrogens (tertiary/aromatic N) is 2. The topological polar surface area (TPSA) is 106 Å². The van der Waals surface area contributed by atoms with E-state index in [2.05, 4.69) is 16.3 Å². The maximum atomic E-state index is 9.59. The van der Waals surface area contributed by atoms with Crippen LogP contribution in [0.3, 0.4) is 0 Å². The molecule has 3 N–H and O–H groups in total.